The second-order valence-corrected chi connectivity index (χ2v) is 5.79. The molecular formula is C9H15ClN2S. The highest BCUT2D eigenvalue weighted by molar-refractivity contribution is 7.11. The Bertz CT molecular complexity index is 265. The highest BCUT2D eigenvalue weighted by Crippen LogP contribution is 2.22. The zero-order chi connectivity index (χ0) is 9.90. The fourth-order valence-electron chi connectivity index (χ4n) is 0.995. The van der Waals surface area contributed by atoms with E-state index in [0.717, 1.165) is 22.9 Å². The first-order valence-electron chi connectivity index (χ1n) is 4.38. The maximum Gasteiger partial charge on any atom is 0.118 e. The average Bonchev–Trinajstić information content (AvgIpc) is 2.33. The molecule has 0 saturated carbocycles. The standard InChI is InChI=1S/C9H15ClN2S/c1-9(2,3)6-8-12-11-7(13-8)4-5-10/h4-6H2,1-3H3. The molecule has 0 atom stereocenters. The van der Waals surface area contributed by atoms with Gasteiger partial charge in [-0.3, -0.25) is 0 Å². The number of hydrogen-bond acceptors (Lipinski definition) is 3. The predicted octanol–water partition coefficient (Wildman–Crippen LogP) is 2.91. The summed E-state index contributed by atoms with van der Waals surface area (Å²) in [6, 6.07) is 0. The number of rotatable bonds is 3. The molecule has 0 bridgehead atoms. The molecule has 0 N–H and O–H groups in total. The molecule has 0 fully saturated rings. The van der Waals surface area contributed by atoms with Crippen LogP contribution in [0.15, 0.2) is 0 Å². The SMILES string of the molecule is CC(C)(C)Cc1nnc(CCCl)s1. The van der Waals surface area contributed by atoms with Crippen LogP contribution in [0.3, 0.4) is 0 Å². The van der Waals surface area contributed by atoms with Gasteiger partial charge < -0.3 is 0 Å². The number of alkyl halides is 1. The lowest BCUT2D eigenvalue weighted by atomic mass is 9.93. The Morgan fingerprint density at radius 3 is 2.38 bits per heavy atom. The lowest BCUT2D eigenvalue weighted by molar-refractivity contribution is 0.409. The van der Waals surface area contributed by atoms with Gasteiger partial charge in [-0.05, 0) is 5.41 Å². The van der Waals surface area contributed by atoms with Crippen molar-refractivity contribution in [1.29, 1.82) is 0 Å². The van der Waals surface area contributed by atoms with E-state index in [2.05, 4.69) is 31.0 Å². The van der Waals surface area contributed by atoms with Crippen LogP contribution in [-0.4, -0.2) is 16.1 Å². The van der Waals surface area contributed by atoms with Gasteiger partial charge in [0, 0.05) is 18.7 Å². The second-order valence-electron chi connectivity index (χ2n) is 4.27. The largest absolute Gasteiger partial charge is 0.144 e. The molecule has 0 spiro atoms. The summed E-state index contributed by atoms with van der Waals surface area (Å²) in [5.41, 5.74) is 0.289. The Hall–Kier alpha value is -0.150. The lowest BCUT2D eigenvalue weighted by Gasteiger charge is -2.14. The molecule has 0 saturated heterocycles. The summed E-state index contributed by atoms with van der Waals surface area (Å²) < 4.78 is 0. The summed E-state index contributed by atoms with van der Waals surface area (Å²) in [6.07, 6.45) is 1.83. The van der Waals surface area contributed by atoms with Crippen LogP contribution in [0.25, 0.3) is 0 Å². The number of aromatic nitrogens is 2. The van der Waals surface area contributed by atoms with Crippen molar-refractivity contribution in [3.05, 3.63) is 10.0 Å². The van der Waals surface area contributed by atoms with Gasteiger partial charge in [0.25, 0.3) is 0 Å². The molecule has 74 valence electrons. The van der Waals surface area contributed by atoms with Crippen LogP contribution >= 0.6 is 22.9 Å². The van der Waals surface area contributed by atoms with Crippen molar-refractivity contribution in [2.24, 2.45) is 5.41 Å². The van der Waals surface area contributed by atoms with E-state index in [-0.39, 0.29) is 5.41 Å². The highest BCUT2D eigenvalue weighted by atomic mass is 35.5. The van der Waals surface area contributed by atoms with Crippen molar-refractivity contribution in [2.45, 2.75) is 33.6 Å². The summed E-state index contributed by atoms with van der Waals surface area (Å²) >= 11 is 7.29. The first-order chi connectivity index (χ1) is 6.01. The number of hydrogen-bond donors (Lipinski definition) is 0. The fraction of sp³-hybridized carbons (Fsp3) is 0.778. The molecule has 0 unspecified atom stereocenters. The summed E-state index contributed by atoms with van der Waals surface area (Å²) in [5, 5.41) is 10.4. The van der Waals surface area contributed by atoms with Crippen molar-refractivity contribution in [1.82, 2.24) is 10.2 Å². The fourth-order valence-corrected chi connectivity index (χ4v) is 2.43. The van der Waals surface area contributed by atoms with Crippen LogP contribution in [0.1, 0.15) is 30.8 Å². The van der Waals surface area contributed by atoms with Gasteiger partial charge in [0.15, 0.2) is 0 Å². The van der Waals surface area contributed by atoms with Gasteiger partial charge in [0.2, 0.25) is 0 Å². The number of aryl methyl sites for hydroxylation is 1. The quantitative estimate of drug-likeness (QED) is 0.730. The van der Waals surface area contributed by atoms with E-state index in [4.69, 9.17) is 11.6 Å². The van der Waals surface area contributed by atoms with Crippen LogP contribution in [-0.2, 0) is 12.8 Å². The van der Waals surface area contributed by atoms with E-state index >= 15 is 0 Å². The molecule has 0 aliphatic heterocycles. The van der Waals surface area contributed by atoms with Crippen LogP contribution < -0.4 is 0 Å². The van der Waals surface area contributed by atoms with E-state index in [1.165, 1.54) is 0 Å². The Morgan fingerprint density at radius 2 is 1.85 bits per heavy atom. The maximum absolute atomic E-state index is 5.62. The second kappa shape index (κ2) is 4.38. The third-order valence-electron chi connectivity index (χ3n) is 1.50. The minimum atomic E-state index is 0.289. The van der Waals surface area contributed by atoms with Gasteiger partial charge >= 0.3 is 0 Å². The highest BCUT2D eigenvalue weighted by Gasteiger charge is 2.14. The summed E-state index contributed by atoms with van der Waals surface area (Å²) in [6.45, 7) is 6.61. The maximum atomic E-state index is 5.62. The first kappa shape index (κ1) is 10.9. The Kier molecular flexibility index (Phi) is 3.68. The molecule has 0 aliphatic carbocycles. The van der Waals surface area contributed by atoms with E-state index in [1.807, 2.05) is 0 Å². The third kappa shape index (κ3) is 4.05. The van der Waals surface area contributed by atoms with E-state index in [0.29, 0.717) is 5.88 Å². The molecule has 1 heterocycles. The minimum absolute atomic E-state index is 0.289. The third-order valence-corrected chi connectivity index (χ3v) is 2.67. The van der Waals surface area contributed by atoms with Crippen molar-refractivity contribution >= 4 is 22.9 Å². The van der Waals surface area contributed by atoms with Gasteiger partial charge in [-0.25, -0.2) is 0 Å². The summed E-state index contributed by atoms with van der Waals surface area (Å²) in [4.78, 5) is 0. The topological polar surface area (TPSA) is 25.8 Å². The van der Waals surface area contributed by atoms with E-state index in [9.17, 15) is 0 Å². The molecule has 0 aromatic carbocycles. The van der Waals surface area contributed by atoms with Crippen molar-refractivity contribution in [2.75, 3.05) is 5.88 Å². The Labute approximate surface area is 88.3 Å². The van der Waals surface area contributed by atoms with E-state index in [1.54, 1.807) is 11.3 Å². The normalized spacial score (nSPS) is 12.0. The minimum Gasteiger partial charge on any atom is -0.144 e. The first-order valence-corrected chi connectivity index (χ1v) is 5.73. The monoisotopic (exact) mass is 218 g/mol. The van der Waals surface area contributed by atoms with Crippen LogP contribution in [0.4, 0.5) is 0 Å². The van der Waals surface area contributed by atoms with Crippen molar-refractivity contribution < 1.29 is 0 Å². The smallest absolute Gasteiger partial charge is 0.118 e. The molecule has 13 heavy (non-hydrogen) atoms. The van der Waals surface area contributed by atoms with Crippen molar-refractivity contribution in [3.63, 3.8) is 0 Å². The van der Waals surface area contributed by atoms with Crippen LogP contribution in [0.2, 0.25) is 0 Å². The zero-order valence-corrected chi connectivity index (χ0v) is 9.87. The van der Waals surface area contributed by atoms with E-state index < -0.39 is 0 Å². The van der Waals surface area contributed by atoms with Gasteiger partial charge in [0.1, 0.15) is 10.0 Å². The van der Waals surface area contributed by atoms with Gasteiger partial charge in [0.05, 0.1) is 0 Å². The number of halogens is 1. The van der Waals surface area contributed by atoms with Gasteiger partial charge in [-0.15, -0.1) is 33.1 Å². The molecular weight excluding hydrogens is 204 g/mol. The average molecular weight is 219 g/mol. The van der Waals surface area contributed by atoms with Crippen LogP contribution in [0, 0.1) is 5.41 Å². The molecule has 1 rings (SSSR count). The van der Waals surface area contributed by atoms with Crippen LogP contribution in [0.5, 0.6) is 0 Å². The van der Waals surface area contributed by atoms with Gasteiger partial charge in [-0.2, -0.15) is 0 Å². The Balaban J connectivity index is 2.59. The molecule has 1 aromatic heterocycles. The number of nitrogens with zero attached hydrogens (tertiary/aromatic N) is 2. The summed E-state index contributed by atoms with van der Waals surface area (Å²) in [5.74, 6) is 0.629. The predicted molar refractivity (Wildman–Crippen MR) is 57.5 cm³/mol. The molecule has 0 radical (unpaired) electrons. The lowest BCUT2D eigenvalue weighted by Crippen LogP contribution is -2.08. The summed E-state index contributed by atoms with van der Waals surface area (Å²) in [7, 11) is 0. The Morgan fingerprint density at radius 1 is 1.23 bits per heavy atom. The zero-order valence-electron chi connectivity index (χ0n) is 8.30. The molecule has 2 nitrogen and oxygen atoms in total. The molecule has 0 amide bonds. The molecule has 1 aromatic rings. The van der Waals surface area contributed by atoms with Gasteiger partial charge in [-0.1, -0.05) is 20.8 Å². The van der Waals surface area contributed by atoms with Crippen molar-refractivity contribution in [3.8, 4) is 0 Å². The molecule has 4 heteroatoms. The molecule has 0 aliphatic rings.